The van der Waals surface area contributed by atoms with Gasteiger partial charge < -0.3 is 9.47 Å². The zero-order chi connectivity index (χ0) is 13.0. The largest absolute Gasteiger partial charge is 0.375 e. The lowest BCUT2D eigenvalue weighted by atomic mass is 9.80. The second-order valence-corrected chi connectivity index (χ2v) is 6.88. The molecular weight excluding hydrogens is 248 g/mol. The molecule has 0 N–H and O–H groups in total. The third-order valence-electron chi connectivity index (χ3n) is 3.91. The number of carbonyl (C=O) groups excluding carboxylic acids is 1. The van der Waals surface area contributed by atoms with Crippen LogP contribution in [-0.4, -0.2) is 42.2 Å². The molecule has 0 aromatic carbocycles. The molecule has 4 heteroatoms. The highest BCUT2D eigenvalue weighted by atomic mass is 32.2. The summed E-state index contributed by atoms with van der Waals surface area (Å²) in [7, 11) is 0. The van der Waals surface area contributed by atoms with E-state index in [-0.39, 0.29) is 30.0 Å². The molecule has 0 radical (unpaired) electrons. The molecule has 0 aromatic heterocycles. The van der Waals surface area contributed by atoms with E-state index in [4.69, 9.17) is 9.47 Å². The van der Waals surface area contributed by atoms with Crippen LogP contribution < -0.4 is 0 Å². The highest BCUT2D eigenvalue weighted by molar-refractivity contribution is 7.99. The summed E-state index contributed by atoms with van der Waals surface area (Å²) < 4.78 is 11.4. The molecule has 2 saturated heterocycles. The maximum absolute atomic E-state index is 12.1. The van der Waals surface area contributed by atoms with Crippen LogP contribution in [0.5, 0.6) is 0 Å². The number of Topliss-reactive ketones (excluding diaryl/α,β-unsaturated/α-hetero) is 1. The first kappa shape index (κ1) is 14.4. The van der Waals surface area contributed by atoms with Gasteiger partial charge in [0, 0.05) is 12.5 Å². The lowest BCUT2D eigenvalue weighted by Gasteiger charge is -2.42. The fourth-order valence-electron chi connectivity index (χ4n) is 2.76. The summed E-state index contributed by atoms with van der Waals surface area (Å²) in [5, 5.41) is 0. The van der Waals surface area contributed by atoms with E-state index in [1.54, 1.807) is 0 Å². The van der Waals surface area contributed by atoms with Crippen molar-refractivity contribution in [3.63, 3.8) is 0 Å². The first-order valence-electron chi connectivity index (χ1n) is 6.97. The van der Waals surface area contributed by atoms with E-state index in [0.29, 0.717) is 0 Å². The summed E-state index contributed by atoms with van der Waals surface area (Å²) in [6, 6.07) is 0. The molecule has 1 atom stereocenters. The standard InChI is InChI=1S/C14H24O3S/c1-11(2)16-10-13(15)12-3-6-17-14(9-12)4-7-18-8-5-14/h11-12H,3-10H2,1-2H3. The van der Waals surface area contributed by atoms with Gasteiger partial charge in [0.2, 0.25) is 0 Å². The Balaban J connectivity index is 1.87. The molecule has 2 aliphatic rings. The normalized spacial score (nSPS) is 27.6. The van der Waals surface area contributed by atoms with Crippen LogP contribution in [0.4, 0.5) is 0 Å². The highest BCUT2D eigenvalue weighted by Crippen LogP contribution is 2.39. The Morgan fingerprint density at radius 2 is 2.17 bits per heavy atom. The van der Waals surface area contributed by atoms with Crippen LogP contribution in [0.1, 0.15) is 39.5 Å². The molecule has 18 heavy (non-hydrogen) atoms. The van der Waals surface area contributed by atoms with Crippen molar-refractivity contribution in [2.45, 2.75) is 51.2 Å². The Hall–Kier alpha value is -0.0600. The third-order valence-corrected chi connectivity index (χ3v) is 4.90. The van der Waals surface area contributed by atoms with Crippen LogP contribution in [0, 0.1) is 5.92 Å². The van der Waals surface area contributed by atoms with Gasteiger partial charge in [-0.15, -0.1) is 0 Å². The summed E-state index contributed by atoms with van der Waals surface area (Å²) in [4.78, 5) is 12.1. The SMILES string of the molecule is CC(C)OCC(=O)C1CCOC2(CCSCC2)C1. The van der Waals surface area contributed by atoms with Crippen LogP contribution in [0.25, 0.3) is 0 Å². The van der Waals surface area contributed by atoms with Gasteiger partial charge >= 0.3 is 0 Å². The van der Waals surface area contributed by atoms with Crippen molar-refractivity contribution in [3.05, 3.63) is 0 Å². The molecule has 2 heterocycles. The minimum absolute atomic E-state index is 0.00164. The average molecular weight is 272 g/mol. The summed E-state index contributed by atoms with van der Waals surface area (Å²) >= 11 is 2.00. The van der Waals surface area contributed by atoms with Gasteiger partial charge in [-0.2, -0.15) is 11.8 Å². The summed E-state index contributed by atoms with van der Waals surface area (Å²) in [6.45, 7) is 4.95. The third kappa shape index (κ3) is 3.72. The van der Waals surface area contributed by atoms with Gasteiger partial charge in [0.1, 0.15) is 6.61 Å². The molecular formula is C14H24O3S. The fourth-order valence-corrected chi connectivity index (χ4v) is 4.00. The minimum Gasteiger partial charge on any atom is -0.375 e. The van der Waals surface area contributed by atoms with E-state index in [1.807, 2.05) is 25.6 Å². The van der Waals surface area contributed by atoms with Crippen LogP contribution in [0.2, 0.25) is 0 Å². The molecule has 3 nitrogen and oxygen atoms in total. The molecule has 0 bridgehead atoms. The van der Waals surface area contributed by atoms with Crippen LogP contribution in [-0.2, 0) is 14.3 Å². The predicted octanol–water partition coefficient (Wildman–Crippen LogP) is 2.67. The van der Waals surface area contributed by atoms with Gasteiger partial charge in [0.25, 0.3) is 0 Å². The highest BCUT2D eigenvalue weighted by Gasteiger charge is 2.40. The maximum atomic E-state index is 12.1. The molecule has 1 spiro atoms. The smallest absolute Gasteiger partial charge is 0.161 e. The Bertz CT molecular complexity index is 279. The lowest BCUT2D eigenvalue weighted by molar-refractivity contribution is -0.143. The topological polar surface area (TPSA) is 35.5 Å². The van der Waals surface area contributed by atoms with Gasteiger partial charge in [-0.05, 0) is 51.0 Å². The number of rotatable bonds is 4. The molecule has 0 aromatic rings. The monoisotopic (exact) mass is 272 g/mol. The van der Waals surface area contributed by atoms with Gasteiger partial charge in [0.05, 0.1) is 11.7 Å². The van der Waals surface area contributed by atoms with Crippen molar-refractivity contribution < 1.29 is 14.3 Å². The van der Waals surface area contributed by atoms with Crippen LogP contribution in [0.15, 0.2) is 0 Å². The van der Waals surface area contributed by atoms with Crippen molar-refractivity contribution >= 4 is 17.5 Å². The molecule has 104 valence electrons. The Morgan fingerprint density at radius 3 is 2.83 bits per heavy atom. The summed E-state index contributed by atoms with van der Waals surface area (Å²) in [6.07, 6.45) is 4.12. The van der Waals surface area contributed by atoms with Crippen molar-refractivity contribution in [2.24, 2.45) is 5.92 Å². The number of thioether (sulfide) groups is 1. The van der Waals surface area contributed by atoms with Crippen molar-refractivity contribution in [2.75, 3.05) is 24.7 Å². The summed E-state index contributed by atoms with van der Waals surface area (Å²) in [5.74, 6) is 2.76. The number of ether oxygens (including phenoxy) is 2. The van der Waals surface area contributed by atoms with E-state index in [9.17, 15) is 4.79 Å². The number of ketones is 1. The second kappa shape index (κ2) is 6.40. The second-order valence-electron chi connectivity index (χ2n) is 5.66. The fraction of sp³-hybridized carbons (Fsp3) is 0.929. The first-order valence-corrected chi connectivity index (χ1v) is 8.13. The number of carbonyl (C=O) groups is 1. The zero-order valence-electron chi connectivity index (χ0n) is 11.4. The van der Waals surface area contributed by atoms with E-state index in [1.165, 1.54) is 11.5 Å². The zero-order valence-corrected chi connectivity index (χ0v) is 12.3. The minimum atomic E-state index is 0.00164. The number of hydrogen-bond acceptors (Lipinski definition) is 4. The first-order chi connectivity index (χ1) is 8.61. The lowest BCUT2D eigenvalue weighted by Crippen LogP contribution is -2.45. The average Bonchev–Trinajstić information content (AvgIpc) is 2.37. The van der Waals surface area contributed by atoms with Crippen molar-refractivity contribution in [1.82, 2.24) is 0 Å². The van der Waals surface area contributed by atoms with E-state index in [2.05, 4.69) is 0 Å². The van der Waals surface area contributed by atoms with Gasteiger partial charge in [-0.25, -0.2) is 0 Å². The maximum Gasteiger partial charge on any atom is 0.161 e. The quantitative estimate of drug-likeness (QED) is 0.788. The molecule has 0 saturated carbocycles. The number of hydrogen-bond donors (Lipinski definition) is 0. The predicted molar refractivity (Wildman–Crippen MR) is 74.1 cm³/mol. The Kier molecular flexibility index (Phi) is 5.10. The van der Waals surface area contributed by atoms with Crippen LogP contribution >= 0.6 is 11.8 Å². The molecule has 1 unspecified atom stereocenters. The van der Waals surface area contributed by atoms with Gasteiger partial charge in [-0.3, -0.25) is 4.79 Å². The van der Waals surface area contributed by atoms with E-state index < -0.39 is 0 Å². The Morgan fingerprint density at radius 1 is 1.44 bits per heavy atom. The molecule has 2 aliphatic heterocycles. The van der Waals surface area contributed by atoms with E-state index >= 15 is 0 Å². The Labute approximate surface area is 114 Å². The van der Waals surface area contributed by atoms with Crippen molar-refractivity contribution in [3.8, 4) is 0 Å². The van der Waals surface area contributed by atoms with Gasteiger partial charge in [0.15, 0.2) is 5.78 Å². The van der Waals surface area contributed by atoms with Crippen molar-refractivity contribution in [1.29, 1.82) is 0 Å². The summed E-state index contributed by atoms with van der Waals surface area (Å²) in [5.41, 5.74) is 0.00164. The molecule has 0 amide bonds. The molecule has 2 fully saturated rings. The molecule has 2 rings (SSSR count). The molecule has 0 aliphatic carbocycles. The van der Waals surface area contributed by atoms with E-state index in [0.717, 1.165) is 32.3 Å². The van der Waals surface area contributed by atoms with Crippen LogP contribution in [0.3, 0.4) is 0 Å². The van der Waals surface area contributed by atoms with Gasteiger partial charge in [-0.1, -0.05) is 0 Å².